The van der Waals surface area contributed by atoms with Crippen molar-refractivity contribution in [2.75, 3.05) is 25.6 Å². The minimum absolute atomic E-state index is 0.0274. The molecule has 0 spiro atoms. The number of benzene rings is 2. The molecule has 0 aliphatic carbocycles. The molecule has 10 nitrogen and oxygen atoms in total. The first-order chi connectivity index (χ1) is 14.1. The van der Waals surface area contributed by atoms with Crippen molar-refractivity contribution >= 4 is 43.5 Å². The Balaban J connectivity index is 2.34. The Morgan fingerprint density at radius 1 is 1.30 bits per heavy atom. The number of nitro groups is 1. The molecule has 0 aromatic heterocycles. The number of sulfonamides is 1. The maximum atomic E-state index is 12.6. The summed E-state index contributed by atoms with van der Waals surface area (Å²) in [6.07, 6.45) is 1.37. The van der Waals surface area contributed by atoms with Crippen LogP contribution in [0.1, 0.15) is 19.4 Å². The average molecular weight is 501 g/mol. The van der Waals surface area contributed by atoms with Gasteiger partial charge in [0.25, 0.3) is 5.69 Å². The SMILES string of the molecule is CCN(CC)S(=O)(=O)c1ccc(NN=Cc2cc(Br)c(O)c(OC)c2)c([N+](=O)[O-])c1. The van der Waals surface area contributed by atoms with Crippen LogP contribution < -0.4 is 10.2 Å². The molecule has 0 heterocycles. The van der Waals surface area contributed by atoms with Crippen LogP contribution in [0, 0.1) is 10.1 Å². The Hall–Kier alpha value is -2.70. The van der Waals surface area contributed by atoms with Crippen LogP contribution in [0.15, 0.2) is 44.8 Å². The van der Waals surface area contributed by atoms with Gasteiger partial charge in [0.15, 0.2) is 11.5 Å². The normalized spacial score (nSPS) is 11.8. The second-order valence-electron chi connectivity index (χ2n) is 5.95. The van der Waals surface area contributed by atoms with Crippen LogP contribution in [-0.2, 0) is 10.0 Å². The smallest absolute Gasteiger partial charge is 0.295 e. The number of phenolic OH excluding ortho intramolecular Hbond substituents is 1. The highest BCUT2D eigenvalue weighted by Crippen LogP contribution is 2.35. The molecule has 0 saturated heterocycles. The van der Waals surface area contributed by atoms with E-state index >= 15 is 0 Å². The Bertz CT molecular complexity index is 1070. The Morgan fingerprint density at radius 3 is 2.53 bits per heavy atom. The first-order valence-electron chi connectivity index (χ1n) is 8.79. The van der Waals surface area contributed by atoms with Crippen LogP contribution in [0.3, 0.4) is 0 Å². The van der Waals surface area contributed by atoms with Gasteiger partial charge < -0.3 is 9.84 Å². The summed E-state index contributed by atoms with van der Waals surface area (Å²) in [5.41, 5.74) is 2.70. The van der Waals surface area contributed by atoms with Gasteiger partial charge in [-0.2, -0.15) is 9.41 Å². The number of nitro benzene ring substituents is 1. The Labute approximate surface area is 182 Å². The largest absolute Gasteiger partial charge is 0.503 e. The molecule has 2 N–H and O–H groups in total. The summed E-state index contributed by atoms with van der Waals surface area (Å²) in [7, 11) is -2.43. The van der Waals surface area contributed by atoms with Gasteiger partial charge in [0.1, 0.15) is 5.69 Å². The van der Waals surface area contributed by atoms with Gasteiger partial charge in [-0.15, -0.1) is 0 Å². The predicted octanol–water partition coefficient (Wildman–Crippen LogP) is 3.55. The molecule has 0 atom stereocenters. The van der Waals surface area contributed by atoms with Crippen LogP contribution >= 0.6 is 15.9 Å². The highest BCUT2D eigenvalue weighted by molar-refractivity contribution is 9.10. The molecule has 0 unspecified atom stereocenters. The van der Waals surface area contributed by atoms with E-state index in [0.29, 0.717) is 10.0 Å². The van der Waals surface area contributed by atoms with Gasteiger partial charge in [0.05, 0.1) is 27.6 Å². The molecule has 162 valence electrons. The molecular formula is C18H21BrN4O6S. The van der Waals surface area contributed by atoms with Crippen LogP contribution in [-0.4, -0.2) is 49.2 Å². The Morgan fingerprint density at radius 2 is 1.97 bits per heavy atom. The van der Waals surface area contributed by atoms with Crippen LogP contribution in [0.25, 0.3) is 0 Å². The van der Waals surface area contributed by atoms with E-state index in [0.717, 1.165) is 6.07 Å². The topological polar surface area (TPSA) is 134 Å². The number of hydrogen-bond acceptors (Lipinski definition) is 8. The molecular weight excluding hydrogens is 480 g/mol. The third kappa shape index (κ3) is 5.07. The zero-order chi connectivity index (χ0) is 22.5. The quantitative estimate of drug-likeness (QED) is 0.305. The standard InChI is InChI=1S/C18H21BrN4O6S/c1-4-22(5-2)30(27,28)13-6-7-15(16(10-13)23(25)26)21-20-11-12-8-14(19)18(24)17(9-12)29-3/h6-11,21,24H,4-5H2,1-3H3. The van der Waals surface area contributed by atoms with E-state index < -0.39 is 20.6 Å². The number of nitrogens with one attached hydrogen (secondary N) is 1. The first kappa shape index (κ1) is 23.6. The molecule has 2 rings (SSSR count). The van der Waals surface area contributed by atoms with Gasteiger partial charge in [-0.1, -0.05) is 13.8 Å². The second-order valence-corrected chi connectivity index (χ2v) is 8.74. The second kappa shape index (κ2) is 9.87. The summed E-state index contributed by atoms with van der Waals surface area (Å²) >= 11 is 3.19. The number of phenols is 1. The summed E-state index contributed by atoms with van der Waals surface area (Å²) in [4.78, 5) is 10.6. The van der Waals surface area contributed by atoms with Crippen molar-refractivity contribution in [1.82, 2.24) is 4.31 Å². The molecule has 0 aliphatic rings. The molecule has 0 saturated carbocycles. The van der Waals surface area contributed by atoms with E-state index in [9.17, 15) is 23.6 Å². The van der Waals surface area contributed by atoms with Gasteiger partial charge in [-0.25, -0.2) is 8.42 Å². The summed E-state index contributed by atoms with van der Waals surface area (Å²) < 4.78 is 31.9. The predicted molar refractivity (Wildman–Crippen MR) is 117 cm³/mol. The van der Waals surface area contributed by atoms with Gasteiger partial charge >= 0.3 is 0 Å². The lowest BCUT2D eigenvalue weighted by atomic mass is 10.2. The number of halogens is 1. The monoisotopic (exact) mass is 500 g/mol. The number of ether oxygens (including phenoxy) is 1. The van der Waals surface area contributed by atoms with E-state index in [1.807, 2.05) is 0 Å². The molecule has 2 aromatic carbocycles. The number of hydrazone groups is 1. The zero-order valence-electron chi connectivity index (χ0n) is 16.5. The van der Waals surface area contributed by atoms with E-state index in [4.69, 9.17) is 4.74 Å². The zero-order valence-corrected chi connectivity index (χ0v) is 18.9. The summed E-state index contributed by atoms with van der Waals surface area (Å²) in [5, 5.41) is 25.3. The molecule has 2 aromatic rings. The molecule has 12 heteroatoms. The van der Waals surface area contributed by atoms with E-state index in [1.165, 1.54) is 35.8 Å². The fraction of sp³-hybridized carbons (Fsp3) is 0.278. The van der Waals surface area contributed by atoms with E-state index in [-0.39, 0.29) is 35.2 Å². The van der Waals surface area contributed by atoms with Gasteiger partial charge in [-0.05, 0) is 45.8 Å². The number of aromatic hydroxyl groups is 1. The Kier molecular flexibility index (Phi) is 7.76. The molecule has 0 aliphatic heterocycles. The van der Waals surface area contributed by atoms with Crippen LogP contribution in [0.2, 0.25) is 0 Å². The number of rotatable bonds is 9. The highest BCUT2D eigenvalue weighted by Gasteiger charge is 2.25. The summed E-state index contributed by atoms with van der Waals surface area (Å²) in [6.45, 7) is 3.89. The van der Waals surface area contributed by atoms with Gasteiger partial charge in [0.2, 0.25) is 10.0 Å². The van der Waals surface area contributed by atoms with Gasteiger partial charge in [0, 0.05) is 19.2 Å². The van der Waals surface area contributed by atoms with Crippen molar-refractivity contribution in [2.45, 2.75) is 18.7 Å². The van der Waals surface area contributed by atoms with Crippen molar-refractivity contribution < 1.29 is 23.2 Å². The fourth-order valence-electron chi connectivity index (χ4n) is 2.63. The lowest BCUT2D eigenvalue weighted by molar-refractivity contribution is -0.384. The summed E-state index contributed by atoms with van der Waals surface area (Å²) in [5.74, 6) is 0.158. The average Bonchev–Trinajstić information content (AvgIpc) is 2.71. The number of hydrogen-bond donors (Lipinski definition) is 2. The maximum absolute atomic E-state index is 12.6. The van der Waals surface area contributed by atoms with Crippen molar-refractivity contribution in [3.63, 3.8) is 0 Å². The number of nitrogens with zero attached hydrogens (tertiary/aromatic N) is 3. The number of anilines is 1. The van der Waals surface area contributed by atoms with Crippen molar-refractivity contribution in [1.29, 1.82) is 0 Å². The third-order valence-corrected chi connectivity index (χ3v) is 6.83. The molecule has 0 bridgehead atoms. The van der Waals surface area contributed by atoms with E-state index in [2.05, 4.69) is 26.5 Å². The maximum Gasteiger partial charge on any atom is 0.295 e. The van der Waals surface area contributed by atoms with Crippen LogP contribution in [0.5, 0.6) is 11.5 Å². The molecule has 0 radical (unpaired) electrons. The first-order valence-corrected chi connectivity index (χ1v) is 11.0. The lowest BCUT2D eigenvalue weighted by Gasteiger charge is -2.18. The number of methoxy groups -OCH3 is 1. The van der Waals surface area contributed by atoms with Crippen molar-refractivity contribution in [3.8, 4) is 11.5 Å². The van der Waals surface area contributed by atoms with Gasteiger partial charge in [-0.3, -0.25) is 15.5 Å². The summed E-state index contributed by atoms with van der Waals surface area (Å²) in [6, 6.07) is 6.69. The molecule has 0 fully saturated rings. The van der Waals surface area contributed by atoms with Crippen molar-refractivity contribution in [2.24, 2.45) is 5.10 Å². The van der Waals surface area contributed by atoms with Crippen molar-refractivity contribution in [3.05, 3.63) is 50.5 Å². The van der Waals surface area contributed by atoms with Crippen LogP contribution in [0.4, 0.5) is 11.4 Å². The minimum atomic E-state index is -3.83. The molecule has 0 amide bonds. The fourth-order valence-corrected chi connectivity index (χ4v) is 4.57. The minimum Gasteiger partial charge on any atom is -0.503 e. The lowest BCUT2D eigenvalue weighted by Crippen LogP contribution is -2.30. The van der Waals surface area contributed by atoms with E-state index in [1.54, 1.807) is 19.9 Å². The highest BCUT2D eigenvalue weighted by atomic mass is 79.9. The third-order valence-electron chi connectivity index (χ3n) is 4.18. The molecule has 30 heavy (non-hydrogen) atoms.